The Kier molecular flexibility index (Phi) is 61.0. The third-order valence-corrected chi connectivity index (χ3v) is 12.7. The van der Waals surface area contributed by atoms with Gasteiger partial charge < -0.3 is 14.2 Å². The Labute approximate surface area is 485 Å². The van der Waals surface area contributed by atoms with Crippen LogP contribution in [0.15, 0.2) is 170 Å². The quantitative estimate of drug-likeness (QED) is 0.0261. The van der Waals surface area contributed by atoms with Crippen LogP contribution in [0.5, 0.6) is 0 Å². The van der Waals surface area contributed by atoms with E-state index in [4.69, 9.17) is 14.2 Å². The predicted molar refractivity (Wildman–Crippen MR) is 343 cm³/mol. The molecule has 0 heterocycles. The van der Waals surface area contributed by atoms with Crippen molar-refractivity contribution in [3.63, 3.8) is 0 Å². The van der Waals surface area contributed by atoms with Gasteiger partial charge in [0.2, 0.25) is 0 Å². The SMILES string of the molecule is CC/C=C\C/C=C\C/C=C\C/C=C\C/C=C\C/C=C\C/C=C\CCCCCCCCCC(=O)OCC(COC(=O)CCCCCCC/C=C\C/C=C\CCCCC)OC(=O)CCC/C=C\C/C=C\C/C=C\C/C=C\C/C=C\CC. The first-order valence-corrected chi connectivity index (χ1v) is 31.6. The highest BCUT2D eigenvalue weighted by Gasteiger charge is 2.19. The molecule has 79 heavy (non-hydrogen) atoms. The van der Waals surface area contributed by atoms with Crippen molar-refractivity contribution in [2.75, 3.05) is 13.2 Å². The molecule has 6 nitrogen and oxygen atoms in total. The molecule has 6 heteroatoms. The maximum atomic E-state index is 12.9. The zero-order valence-electron chi connectivity index (χ0n) is 50.6. The van der Waals surface area contributed by atoms with Gasteiger partial charge in [0.25, 0.3) is 0 Å². The minimum Gasteiger partial charge on any atom is -0.462 e. The molecule has 0 aliphatic rings. The number of ether oxygens (including phenoxy) is 3. The molecular weight excluding hydrogens is 973 g/mol. The first kappa shape index (κ1) is 73.8. The van der Waals surface area contributed by atoms with Gasteiger partial charge >= 0.3 is 17.9 Å². The number of carbonyl (C=O) groups excluding carboxylic acids is 3. The summed E-state index contributed by atoms with van der Waals surface area (Å²) in [6.45, 7) is 6.31. The van der Waals surface area contributed by atoms with E-state index in [1.807, 2.05) is 0 Å². The summed E-state index contributed by atoms with van der Waals surface area (Å²) in [5.41, 5.74) is 0. The number of hydrogen-bond donors (Lipinski definition) is 0. The first-order chi connectivity index (χ1) is 39.0. The second kappa shape index (κ2) is 65.3. The van der Waals surface area contributed by atoms with Crippen molar-refractivity contribution < 1.29 is 28.6 Å². The molecule has 0 saturated heterocycles. The maximum absolute atomic E-state index is 12.9. The van der Waals surface area contributed by atoms with Gasteiger partial charge in [-0.25, -0.2) is 0 Å². The Morgan fingerprint density at radius 2 is 0.506 bits per heavy atom. The zero-order chi connectivity index (χ0) is 57.1. The topological polar surface area (TPSA) is 78.9 Å². The van der Waals surface area contributed by atoms with Gasteiger partial charge in [0.15, 0.2) is 6.10 Å². The second-order valence-electron chi connectivity index (χ2n) is 20.2. The maximum Gasteiger partial charge on any atom is 0.306 e. The molecule has 0 aromatic heterocycles. The second-order valence-corrected chi connectivity index (χ2v) is 20.2. The summed E-state index contributed by atoms with van der Waals surface area (Å²) >= 11 is 0. The Morgan fingerprint density at radius 3 is 0.810 bits per heavy atom. The number of carbonyl (C=O) groups is 3. The standard InChI is InChI=1S/C73H114O6/c1-4-7-10-13-16-19-22-25-28-30-31-32-33-34-35-36-37-38-39-40-41-43-45-48-51-54-57-60-63-66-72(75)78-69-70(68-77-71(74)65-62-59-56-53-50-47-44-27-24-21-18-15-12-9-6-3)79-73(76)67-64-61-58-55-52-49-46-42-29-26-23-20-17-14-11-8-5-2/h7-8,10-11,16-21,25-29,31-32,34-35,37-38,40-41,44,46,49,55,58,70H,4-6,9,12-15,22-24,30,33,36,39,42-43,45,47-48,50-54,56-57,59-69H2,1-3H3/b10-7-,11-8-,19-16-,20-17-,21-18-,28-25-,29-26-,32-31-,35-34-,38-37-,41-40-,44-27-,49-46-,58-55-. The number of allylic oxidation sites excluding steroid dienone is 28. The number of esters is 3. The van der Waals surface area contributed by atoms with Crippen LogP contribution in [0.3, 0.4) is 0 Å². The van der Waals surface area contributed by atoms with Crippen LogP contribution in [0.25, 0.3) is 0 Å². The summed E-state index contributed by atoms with van der Waals surface area (Å²) in [4.78, 5) is 38.3. The predicted octanol–water partition coefficient (Wildman–Crippen LogP) is 21.9. The van der Waals surface area contributed by atoms with Crippen LogP contribution < -0.4 is 0 Å². The molecule has 442 valence electrons. The van der Waals surface area contributed by atoms with E-state index < -0.39 is 6.10 Å². The van der Waals surface area contributed by atoms with Crippen LogP contribution in [0.4, 0.5) is 0 Å². The number of unbranched alkanes of at least 4 members (excludes halogenated alkanes) is 16. The van der Waals surface area contributed by atoms with E-state index in [9.17, 15) is 14.4 Å². The van der Waals surface area contributed by atoms with E-state index in [1.54, 1.807) is 0 Å². The van der Waals surface area contributed by atoms with Gasteiger partial charge in [0, 0.05) is 19.3 Å². The summed E-state index contributed by atoms with van der Waals surface area (Å²) < 4.78 is 16.8. The van der Waals surface area contributed by atoms with Gasteiger partial charge in [-0.05, 0) is 148 Å². The van der Waals surface area contributed by atoms with Crippen molar-refractivity contribution >= 4 is 17.9 Å². The molecule has 0 aromatic carbocycles. The first-order valence-electron chi connectivity index (χ1n) is 31.6. The summed E-state index contributed by atoms with van der Waals surface area (Å²) in [7, 11) is 0. The smallest absolute Gasteiger partial charge is 0.306 e. The monoisotopic (exact) mass is 1090 g/mol. The van der Waals surface area contributed by atoms with Crippen molar-refractivity contribution in [1.82, 2.24) is 0 Å². The van der Waals surface area contributed by atoms with Crippen LogP contribution >= 0.6 is 0 Å². The fraction of sp³-hybridized carbons (Fsp3) is 0.575. The Balaban J connectivity index is 4.46. The van der Waals surface area contributed by atoms with Crippen LogP contribution in [-0.2, 0) is 28.6 Å². The van der Waals surface area contributed by atoms with Gasteiger partial charge in [-0.1, -0.05) is 255 Å². The molecule has 0 fully saturated rings. The lowest BCUT2D eigenvalue weighted by molar-refractivity contribution is -0.167. The van der Waals surface area contributed by atoms with E-state index in [-0.39, 0.29) is 37.5 Å². The van der Waals surface area contributed by atoms with Crippen LogP contribution in [-0.4, -0.2) is 37.2 Å². The van der Waals surface area contributed by atoms with E-state index in [0.717, 1.165) is 161 Å². The summed E-state index contributed by atoms with van der Waals surface area (Å²) in [6.07, 6.45) is 96.4. The minimum absolute atomic E-state index is 0.119. The molecule has 0 aromatic rings. The van der Waals surface area contributed by atoms with Crippen molar-refractivity contribution in [3.8, 4) is 0 Å². The molecule has 1 unspecified atom stereocenters. The van der Waals surface area contributed by atoms with Gasteiger partial charge in [-0.2, -0.15) is 0 Å². The molecular formula is C73H114O6. The highest BCUT2D eigenvalue weighted by molar-refractivity contribution is 5.71. The molecule has 0 N–H and O–H groups in total. The minimum atomic E-state index is -0.829. The van der Waals surface area contributed by atoms with E-state index in [1.165, 1.54) is 44.9 Å². The lowest BCUT2D eigenvalue weighted by atomic mass is 10.1. The number of rotatable bonds is 55. The van der Waals surface area contributed by atoms with Gasteiger partial charge in [-0.15, -0.1) is 0 Å². The van der Waals surface area contributed by atoms with Crippen molar-refractivity contribution in [2.45, 2.75) is 258 Å². The average molecular weight is 1090 g/mol. The molecule has 0 spiro atoms. The molecule has 0 saturated carbocycles. The molecule has 0 rings (SSSR count). The van der Waals surface area contributed by atoms with Gasteiger partial charge in [-0.3, -0.25) is 14.4 Å². The highest BCUT2D eigenvalue weighted by Crippen LogP contribution is 2.13. The Bertz CT molecular complexity index is 1820. The zero-order valence-corrected chi connectivity index (χ0v) is 50.6. The van der Waals surface area contributed by atoms with Crippen LogP contribution in [0.1, 0.15) is 252 Å². The molecule has 0 bridgehead atoms. The fourth-order valence-electron chi connectivity index (χ4n) is 8.02. The molecule has 0 amide bonds. The Hall–Kier alpha value is -5.23. The van der Waals surface area contributed by atoms with E-state index >= 15 is 0 Å². The summed E-state index contributed by atoms with van der Waals surface area (Å²) in [5.74, 6) is -1.01. The van der Waals surface area contributed by atoms with Crippen LogP contribution in [0.2, 0.25) is 0 Å². The molecule has 0 aliphatic heterocycles. The van der Waals surface area contributed by atoms with E-state index in [2.05, 4.69) is 191 Å². The largest absolute Gasteiger partial charge is 0.462 e. The normalized spacial score (nSPS) is 13.3. The van der Waals surface area contributed by atoms with Gasteiger partial charge in [0.1, 0.15) is 13.2 Å². The lowest BCUT2D eigenvalue weighted by Crippen LogP contribution is -2.30. The Morgan fingerprint density at radius 1 is 0.266 bits per heavy atom. The summed E-state index contributed by atoms with van der Waals surface area (Å²) in [5, 5.41) is 0. The number of hydrogen-bond acceptors (Lipinski definition) is 6. The van der Waals surface area contributed by atoms with Crippen LogP contribution in [0, 0.1) is 0 Å². The lowest BCUT2D eigenvalue weighted by Gasteiger charge is -2.18. The average Bonchev–Trinajstić information content (AvgIpc) is 3.45. The third kappa shape index (κ3) is 63.5. The van der Waals surface area contributed by atoms with Crippen molar-refractivity contribution in [3.05, 3.63) is 170 Å². The van der Waals surface area contributed by atoms with E-state index in [0.29, 0.717) is 19.3 Å². The molecule has 1 atom stereocenters. The van der Waals surface area contributed by atoms with Crippen molar-refractivity contribution in [2.24, 2.45) is 0 Å². The van der Waals surface area contributed by atoms with Crippen molar-refractivity contribution in [1.29, 1.82) is 0 Å². The fourth-order valence-corrected chi connectivity index (χ4v) is 8.02. The molecule has 0 aliphatic carbocycles. The third-order valence-electron chi connectivity index (χ3n) is 12.7. The summed E-state index contributed by atoms with van der Waals surface area (Å²) in [6, 6.07) is 0. The van der Waals surface area contributed by atoms with Gasteiger partial charge in [0.05, 0.1) is 0 Å². The highest BCUT2D eigenvalue weighted by atomic mass is 16.6. The molecule has 0 radical (unpaired) electrons.